The van der Waals surface area contributed by atoms with E-state index < -0.39 is 0 Å². The van der Waals surface area contributed by atoms with Crippen LogP contribution in [0.15, 0.2) is 30.3 Å². The minimum atomic E-state index is -0.165. The highest BCUT2D eigenvalue weighted by molar-refractivity contribution is 6.13. The molecule has 2 rings (SSSR count). The van der Waals surface area contributed by atoms with Crippen LogP contribution in [0.1, 0.15) is 47.7 Å². The Bertz CT molecular complexity index is 757. The number of rotatable bonds is 10. The number of unbranched alkanes of at least 4 members (excludes halogenated alkanes) is 2. The van der Waals surface area contributed by atoms with Crippen molar-refractivity contribution in [2.24, 2.45) is 0 Å². The van der Waals surface area contributed by atoms with Gasteiger partial charge >= 0.3 is 0 Å². The molecule has 5 heteroatoms. The molecular formula is C22H28O5. The van der Waals surface area contributed by atoms with Gasteiger partial charge in [-0.2, -0.15) is 0 Å². The van der Waals surface area contributed by atoms with Crippen molar-refractivity contribution in [3.63, 3.8) is 0 Å². The molecule has 0 atom stereocenters. The summed E-state index contributed by atoms with van der Waals surface area (Å²) in [5.41, 5.74) is 1.80. The number of benzene rings is 2. The quantitative estimate of drug-likeness (QED) is 0.442. The molecule has 0 fully saturated rings. The fourth-order valence-corrected chi connectivity index (χ4v) is 2.89. The van der Waals surface area contributed by atoms with Gasteiger partial charge in [0.2, 0.25) is 5.78 Å². The fourth-order valence-electron chi connectivity index (χ4n) is 2.89. The molecule has 0 amide bonds. The van der Waals surface area contributed by atoms with E-state index in [1.165, 1.54) is 14.2 Å². The Morgan fingerprint density at radius 1 is 0.889 bits per heavy atom. The van der Waals surface area contributed by atoms with Crippen molar-refractivity contribution in [1.82, 2.24) is 0 Å². The number of carbonyl (C=O) groups is 1. The van der Waals surface area contributed by atoms with E-state index in [1.807, 2.05) is 19.1 Å². The van der Waals surface area contributed by atoms with E-state index in [4.69, 9.17) is 18.9 Å². The summed E-state index contributed by atoms with van der Waals surface area (Å²) in [7, 11) is 4.59. The van der Waals surface area contributed by atoms with Gasteiger partial charge in [0.1, 0.15) is 28.6 Å². The predicted molar refractivity (Wildman–Crippen MR) is 106 cm³/mol. The standard InChI is InChI=1S/C22H28O5/c1-6-7-8-11-27-16-9-10-18(15(2)12-16)22(23)21-19(25-4)13-17(24-3)14-20(21)26-5/h9-10,12-14H,6-8,11H2,1-5H3. The van der Waals surface area contributed by atoms with Crippen molar-refractivity contribution < 1.29 is 23.7 Å². The number of ether oxygens (including phenoxy) is 4. The first kappa shape index (κ1) is 20.6. The lowest BCUT2D eigenvalue weighted by Crippen LogP contribution is -2.09. The van der Waals surface area contributed by atoms with Gasteiger partial charge in [-0.05, 0) is 37.1 Å². The van der Waals surface area contributed by atoms with Gasteiger partial charge in [0.15, 0.2) is 0 Å². The van der Waals surface area contributed by atoms with Crippen LogP contribution in [-0.4, -0.2) is 33.7 Å². The molecule has 2 aromatic carbocycles. The lowest BCUT2D eigenvalue weighted by molar-refractivity contribution is 0.103. The van der Waals surface area contributed by atoms with Crippen molar-refractivity contribution in [1.29, 1.82) is 0 Å². The molecule has 0 aliphatic heterocycles. The van der Waals surface area contributed by atoms with E-state index in [9.17, 15) is 4.79 Å². The molecule has 0 bridgehead atoms. The maximum atomic E-state index is 13.2. The molecule has 27 heavy (non-hydrogen) atoms. The predicted octanol–water partition coefficient (Wildman–Crippen LogP) is 4.82. The van der Waals surface area contributed by atoms with Gasteiger partial charge in [-0.25, -0.2) is 0 Å². The molecule has 2 aromatic rings. The van der Waals surface area contributed by atoms with Gasteiger partial charge in [-0.3, -0.25) is 4.79 Å². The van der Waals surface area contributed by atoms with Crippen LogP contribution in [0.25, 0.3) is 0 Å². The second-order valence-corrected chi connectivity index (χ2v) is 6.27. The van der Waals surface area contributed by atoms with Gasteiger partial charge in [0.05, 0.1) is 27.9 Å². The number of hydrogen-bond acceptors (Lipinski definition) is 5. The van der Waals surface area contributed by atoms with Crippen LogP contribution in [0.3, 0.4) is 0 Å². The fraction of sp³-hybridized carbons (Fsp3) is 0.409. The summed E-state index contributed by atoms with van der Waals surface area (Å²) in [5, 5.41) is 0. The minimum absolute atomic E-state index is 0.165. The first-order valence-electron chi connectivity index (χ1n) is 9.13. The van der Waals surface area contributed by atoms with Crippen LogP contribution in [0.5, 0.6) is 23.0 Å². The average Bonchev–Trinajstić information content (AvgIpc) is 2.69. The molecule has 0 aliphatic rings. The maximum absolute atomic E-state index is 13.2. The maximum Gasteiger partial charge on any atom is 0.200 e. The smallest absolute Gasteiger partial charge is 0.200 e. The highest BCUT2D eigenvalue weighted by Gasteiger charge is 2.23. The second kappa shape index (κ2) is 9.86. The Kier molecular flexibility index (Phi) is 7.53. The zero-order chi connectivity index (χ0) is 19.8. The second-order valence-electron chi connectivity index (χ2n) is 6.27. The van der Waals surface area contributed by atoms with Crippen LogP contribution in [0.2, 0.25) is 0 Å². The molecule has 146 valence electrons. The molecule has 0 saturated heterocycles. The van der Waals surface area contributed by atoms with Crippen LogP contribution < -0.4 is 18.9 Å². The molecule has 0 unspecified atom stereocenters. The summed E-state index contributed by atoms with van der Waals surface area (Å²) in [6, 6.07) is 8.86. The van der Waals surface area contributed by atoms with E-state index in [0.29, 0.717) is 35.0 Å². The van der Waals surface area contributed by atoms with Crippen molar-refractivity contribution in [3.05, 3.63) is 47.0 Å². The molecule has 0 aromatic heterocycles. The summed E-state index contributed by atoms with van der Waals surface area (Å²) >= 11 is 0. The van der Waals surface area contributed by atoms with Crippen LogP contribution in [0.4, 0.5) is 0 Å². The normalized spacial score (nSPS) is 10.4. The van der Waals surface area contributed by atoms with E-state index in [1.54, 1.807) is 25.3 Å². The Hall–Kier alpha value is -2.69. The molecule has 0 spiro atoms. The SMILES string of the molecule is CCCCCOc1ccc(C(=O)c2c(OC)cc(OC)cc2OC)c(C)c1. The molecular weight excluding hydrogens is 344 g/mol. The Morgan fingerprint density at radius 3 is 2.07 bits per heavy atom. The third kappa shape index (κ3) is 4.94. The van der Waals surface area contributed by atoms with Gasteiger partial charge in [0.25, 0.3) is 0 Å². The summed E-state index contributed by atoms with van der Waals surface area (Å²) in [4.78, 5) is 13.2. The summed E-state index contributed by atoms with van der Waals surface area (Å²) in [5.74, 6) is 1.99. The lowest BCUT2D eigenvalue weighted by Gasteiger charge is -2.15. The molecule has 5 nitrogen and oxygen atoms in total. The first-order chi connectivity index (χ1) is 13.0. The van der Waals surface area contributed by atoms with Crippen LogP contribution in [-0.2, 0) is 0 Å². The Labute approximate surface area is 161 Å². The van der Waals surface area contributed by atoms with Gasteiger partial charge in [-0.1, -0.05) is 19.8 Å². The number of ketones is 1. The number of aryl methyl sites for hydroxylation is 1. The molecule has 0 radical (unpaired) electrons. The number of hydrogen-bond donors (Lipinski definition) is 0. The van der Waals surface area contributed by atoms with Crippen molar-refractivity contribution in [2.75, 3.05) is 27.9 Å². The van der Waals surface area contributed by atoms with E-state index in [2.05, 4.69) is 6.92 Å². The van der Waals surface area contributed by atoms with Crippen molar-refractivity contribution in [2.45, 2.75) is 33.1 Å². The van der Waals surface area contributed by atoms with E-state index >= 15 is 0 Å². The Balaban J connectivity index is 2.32. The molecule has 0 heterocycles. The molecule has 0 aliphatic carbocycles. The summed E-state index contributed by atoms with van der Waals surface area (Å²) in [6.45, 7) is 4.74. The van der Waals surface area contributed by atoms with Crippen molar-refractivity contribution >= 4 is 5.78 Å². The van der Waals surface area contributed by atoms with E-state index in [-0.39, 0.29) is 5.78 Å². The zero-order valence-corrected chi connectivity index (χ0v) is 16.8. The average molecular weight is 372 g/mol. The highest BCUT2D eigenvalue weighted by atomic mass is 16.5. The number of carbonyl (C=O) groups excluding carboxylic acids is 1. The third-order valence-electron chi connectivity index (χ3n) is 4.40. The first-order valence-corrected chi connectivity index (χ1v) is 9.13. The molecule has 0 N–H and O–H groups in total. The van der Waals surface area contributed by atoms with Crippen LogP contribution in [0, 0.1) is 6.92 Å². The summed E-state index contributed by atoms with van der Waals surface area (Å²) < 4.78 is 21.8. The van der Waals surface area contributed by atoms with Crippen LogP contribution >= 0.6 is 0 Å². The van der Waals surface area contributed by atoms with E-state index in [0.717, 1.165) is 30.6 Å². The Morgan fingerprint density at radius 2 is 1.56 bits per heavy atom. The number of methoxy groups -OCH3 is 3. The van der Waals surface area contributed by atoms with Gasteiger partial charge in [-0.15, -0.1) is 0 Å². The lowest BCUT2D eigenvalue weighted by atomic mass is 9.97. The summed E-state index contributed by atoms with van der Waals surface area (Å²) in [6.07, 6.45) is 3.32. The van der Waals surface area contributed by atoms with Gasteiger partial charge in [0, 0.05) is 17.7 Å². The minimum Gasteiger partial charge on any atom is -0.496 e. The third-order valence-corrected chi connectivity index (χ3v) is 4.40. The topological polar surface area (TPSA) is 54.0 Å². The van der Waals surface area contributed by atoms with Gasteiger partial charge < -0.3 is 18.9 Å². The van der Waals surface area contributed by atoms with Crippen molar-refractivity contribution in [3.8, 4) is 23.0 Å². The molecule has 0 saturated carbocycles. The monoisotopic (exact) mass is 372 g/mol. The largest absolute Gasteiger partial charge is 0.496 e. The highest BCUT2D eigenvalue weighted by Crippen LogP contribution is 2.36. The zero-order valence-electron chi connectivity index (χ0n) is 16.8.